The molecular weight excluding hydrogens is 336 g/mol. The lowest BCUT2D eigenvalue weighted by molar-refractivity contribution is -0.558. The molecule has 3 heterocycles. The molecule has 2 bridgehead atoms. The van der Waals surface area contributed by atoms with Crippen molar-refractivity contribution in [1.29, 1.82) is 0 Å². The third-order valence-corrected chi connectivity index (χ3v) is 5.96. The van der Waals surface area contributed by atoms with Crippen LogP contribution in [0.3, 0.4) is 0 Å². The summed E-state index contributed by atoms with van der Waals surface area (Å²) in [6.07, 6.45) is 5.59. The number of methoxy groups -OCH3 is 1. The van der Waals surface area contributed by atoms with Gasteiger partial charge in [0, 0.05) is 26.0 Å². The van der Waals surface area contributed by atoms with Crippen LogP contribution in [0.1, 0.15) is 56.6 Å². The Balaban J connectivity index is 1.59. The summed E-state index contributed by atoms with van der Waals surface area (Å²) in [5, 5.41) is 0. The predicted molar refractivity (Wildman–Crippen MR) is 91.6 cm³/mol. The van der Waals surface area contributed by atoms with Gasteiger partial charge in [-0.3, -0.25) is 4.79 Å². The van der Waals surface area contributed by atoms with E-state index in [9.17, 15) is 4.79 Å². The van der Waals surface area contributed by atoms with Gasteiger partial charge in [0.1, 0.15) is 6.61 Å². The molecule has 5 rings (SSSR count). The molecule has 1 unspecified atom stereocenters. The molecule has 142 valence electrons. The lowest BCUT2D eigenvalue weighted by Crippen LogP contribution is -2.59. The number of ether oxygens (including phenoxy) is 3. The Hall–Kier alpha value is -1.47. The number of hydrogen-bond acceptors (Lipinski definition) is 6. The highest BCUT2D eigenvalue weighted by molar-refractivity contribution is 5.65. The second-order valence-electron chi connectivity index (χ2n) is 7.52. The molecule has 1 aliphatic carbocycles. The van der Waals surface area contributed by atoms with Crippen LogP contribution in [0.2, 0.25) is 0 Å². The molecule has 3 aliphatic heterocycles. The Morgan fingerprint density at radius 3 is 2.69 bits per heavy atom. The molecule has 0 amide bonds. The van der Waals surface area contributed by atoms with Gasteiger partial charge in [0.2, 0.25) is 5.79 Å². The van der Waals surface area contributed by atoms with E-state index >= 15 is 0 Å². The number of carbonyl (C=O) groups excluding carboxylic acids is 1. The van der Waals surface area contributed by atoms with Crippen molar-refractivity contribution >= 4 is 5.97 Å². The van der Waals surface area contributed by atoms with Gasteiger partial charge in [0.15, 0.2) is 11.9 Å². The summed E-state index contributed by atoms with van der Waals surface area (Å²) in [5.41, 5.74) is 1.31. The summed E-state index contributed by atoms with van der Waals surface area (Å²) in [7, 11) is 1.67. The van der Waals surface area contributed by atoms with Crippen LogP contribution < -0.4 is 0 Å². The van der Waals surface area contributed by atoms with E-state index in [-0.39, 0.29) is 12.6 Å². The van der Waals surface area contributed by atoms with E-state index in [1.807, 2.05) is 24.3 Å². The minimum Gasteiger partial charge on any atom is -0.461 e. The van der Waals surface area contributed by atoms with Crippen molar-refractivity contribution in [1.82, 2.24) is 0 Å². The molecule has 26 heavy (non-hydrogen) atoms. The Morgan fingerprint density at radius 1 is 1.15 bits per heavy atom. The van der Waals surface area contributed by atoms with Crippen LogP contribution in [-0.4, -0.2) is 25.0 Å². The number of esters is 1. The first-order valence-corrected chi connectivity index (χ1v) is 9.38. The van der Waals surface area contributed by atoms with E-state index in [0.29, 0.717) is 5.92 Å². The molecule has 4 fully saturated rings. The van der Waals surface area contributed by atoms with Crippen molar-refractivity contribution in [3.63, 3.8) is 0 Å². The van der Waals surface area contributed by atoms with Gasteiger partial charge in [0.25, 0.3) is 0 Å². The van der Waals surface area contributed by atoms with Crippen molar-refractivity contribution in [3.8, 4) is 0 Å². The summed E-state index contributed by atoms with van der Waals surface area (Å²) in [6.45, 7) is 1.66. The van der Waals surface area contributed by atoms with Gasteiger partial charge < -0.3 is 14.2 Å². The Labute approximate surface area is 153 Å². The highest BCUT2D eigenvalue weighted by Gasteiger charge is 2.61. The van der Waals surface area contributed by atoms with Crippen LogP contribution in [0, 0.1) is 5.92 Å². The Morgan fingerprint density at radius 2 is 1.96 bits per heavy atom. The zero-order valence-electron chi connectivity index (χ0n) is 15.4. The summed E-state index contributed by atoms with van der Waals surface area (Å²) in [5.74, 6) is -0.864. The fraction of sp³-hybridized carbons (Fsp3) is 0.650. The molecule has 0 N–H and O–H groups in total. The van der Waals surface area contributed by atoms with Gasteiger partial charge in [-0.05, 0) is 30.7 Å². The number of rotatable bonds is 4. The molecule has 1 spiro atoms. The standard InChI is InChI=1S/C20H26O6/c1-14(21)23-13-15-6-8-17(9-7-15)20-12-10-16-5-3-4-11-19(16,25-26-20)18(22-2)24-20/h6-9,16,18H,3-5,10-13H2,1-2H3/t16?,18-,19+,20-/m1/s1. The molecule has 4 aliphatic rings. The monoisotopic (exact) mass is 362 g/mol. The van der Waals surface area contributed by atoms with Crippen molar-refractivity contribution < 1.29 is 28.8 Å². The maximum atomic E-state index is 11.0. The summed E-state index contributed by atoms with van der Waals surface area (Å²) >= 11 is 0. The van der Waals surface area contributed by atoms with E-state index in [1.54, 1.807) is 7.11 Å². The zero-order chi connectivity index (χ0) is 18.2. The van der Waals surface area contributed by atoms with Crippen LogP contribution in [0.15, 0.2) is 24.3 Å². The van der Waals surface area contributed by atoms with Crippen molar-refractivity contribution in [2.24, 2.45) is 5.92 Å². The van der Waals surface area contributed by atoms with E-state index < -0.39 is 17.7 Å². The average Bonchev–Trinajstić information content (AvgIpc) is 2.93. The second-order valence-corrected chi connectivity index (χ2v) is 7.52. The van der Waals surface area contributed by atoms with Crippen molar-refractivity contribution in [3.05, 3.63) is 35.4 Å². The van der Waals surface area contributed by atoms with E-state index in [0.717, 1.165) is 43.2 Å². The van der Waals surface area contributed by atoms with E-state index in [1.165, 1.54) is 13.3 Å². The topological polar surface area (TPSA) is 63.2 Å². The quantitative estimate of drug-likeness (QED) is 0.603. The Bertz CT molecular complexity index is 655. The summed E-state index contributed by atoms with van der Waals surface area (Å²) in [4.78, 5) is 22.9. The molecular formula is C20H26O6. The van der Waals surface area contributed by atoms with Crippen LogP contribution >= 0.6 is 0 Å². The third-order valence-electron chi connectivity index (χ3n) is 5.96. The van der Waals surface area contributed by atoms with Crippen molar-refractivity contribution in [2.45, 2.75) is 69.7 Å². The normalized spacial score (nSPS) is 36.2. The van der Waals surface area contributed by atoms with Gasteiger partial charge in [-0.15, -0.1) is 0 Å². The van der Waals surface area contributed by atoms with Gasteiger partial charge in [-0.1, -0.05) is 37.1 Å². The molecule has 0 radical (unpaired) electrons. The van der Waals surface area contributed by atoms with Gasteiger partial charge in [0.05, 0.1) is 0 Å². The molecule has 6 heteroatoms. The highest BCUT2D eigenvalue weighted by Crippen LogP contribution is 2.55. The Kier molecular flexibility index (Phi) is 4.77. The first-order valence-electron chi connectivity index (χ1n) is 9.38. The van der Waals surface area contributed by atoms with Crippen LogP contribution in [0.25, 0.3) is 0 Å². The smallest absolute Gasteiger partial charge is 0.302 e. The number of benzene rings is 1. The van der Waals surface area contributed by atoms with Crippen molar-refractivity contribution in [2.75, 3.05) is 7.11 Å². The SMILES string of the molecule is CO[C@@H]1O[C@]2(c3ccc(COC(C)=O)cc3)CCC3CCCC[C@]31OO2. The van der Waals surface area contributed by atoms with Crippen LogP contribution in [0.5, 0.6) is 0 Å². The third kappa shape index (κ3) is 2.95. The zero-order valence-corrected chi connectivity index (χ0v) is 15.4. The van der Waals surface area contributed by atoms with Crippen LogP contribution in [0.4, 0.5) is 0 Å². The minimum absolute atomic E-state index is 0.257. The van der Waals surface area contributed by atoms with Gasteiger partial charge in [-0.2, -0.15) is 4.89 Å². The number of hydrogen-bond donors (Lipinski definition) is 0. The minimum atomic E-state index is -0.955. The van der Waals surface area contributed by atoms with E-state index in [2.05, 4.69) is 0 Å². The molecule has 1 aromatic rings. The molecule has 0 aromatic heterocycles. The van der Waals surface area contributed by atoms with Crippen LogP contribution in [-0.2, 0) is 41.2 Å². The maximum Gasteiger partial charge on any atom is 0.302 e. The van der Waals surface area contributed by atoms with Gasteiger partial charge >= 0.3 is 5.97 Å². The molecule has 4 atom stereocenters. The molecule has 6 nitrogen and oxygen atoms in total. The van der Waals surface area contributed by atoms with E-state index in [4.69, 9.17) is 24.0 Å². The summed E-state index contributed by atoms with van der Waals surface area (Å²) in [6, 6.07) is 7.73. The molecule has 3 saturated heterocycles. The number of carbonyl (C=O) groups is 1. The summed E-state index contributed by atoms with van der Waals surface area (Å²) < 4.78 is 17.1. The average molecular weight is 362 g/mol. The maximum absolute atomic E-state index is 11.0. The molecule has 1 aromatic carbocycles. The lowest BCUT2D eigenvalue weighted by atomic mass is 9.73. The fourth-order valence-corrected chi connectivity index (χ4v) is 4.54. The first-order chi connectivity index (χ1) is 12.6. The van der Waals surface area contributed by atoms with Gasteiger partial charge in [-0.25, -0.2) is 4.89 Å². The first kappa shape index (κ1) is 17.9. The predicted octanol–water partition coefficient (Wildman–Crippen LogP) is 3.58. The highest BCUT2D eigenvalue weighted by atomic mass is 17.3. The fourth-order valence-electron chi connectivity index (χ4n) is 4.54. The number of fused-ring (bicyclic) bond motifs is 3. The second kappa shape index (κ2) is 6.93. The molecule has 1 saturated carbocycles. The largest absolute Gasteiger partial charge is 0.461 e. The lowest BCUT2D eigenvalue weighted by Gasteiger charge is -2.49.